The zero-order valence-corrected chi connectivity index (χ0v) is 20.5. The van der Waals surface area contributed by atoms with Gasteiger partial charge < -0.3 is 10.1 Å². The Balaban J connectivity index is 1.99. The number of ether oxygens (including phenoxy) is 1. The number of carbonyl (C=O) groups excluding carboxylic acids is 2. The van der Waals surface area contributed by atoms with Crippen molar-refractivity contribution in [3.8, 4) is 0 Å². The van der Waals surface area contributed by atoms with E-state index in [0.29, 0.717) is 24.4 Å². The summed E-state index contributed by atoms with van der Waals surface area (Å²) in [5.74, 6) is 1.38. The summed E-state index contributed by atoms with van der Waals surface area (Å²) >= 11 is 0. The molecule has 1 aliphatic heterocycles. The van der Waals surface area contributed by atoms with Crippen LogP contribution in [0.3, 0.4) is 0 Å². The summed E-state index contributed by atoms with van der Waals surface area (Å²) in [6.45, 7) is 15.5. The van der Waals surface area contributed by atoms with Crippen LogP contribution in [0.25, 0.3) is 0 Å². The molecule has 3 aliphatic rings. The number of nitrogens with one attached hydrogen (secondary N) is 1. The molecule has 2 aliphatic carbocycles. The molecule has 0 radical (unpaired) electrons. The first-order valence-corrected chi connectivity index (χ1v) is 12.2. The Bertz CT molecular complexity index is 807. The first-order valence-electron chi connectivity index (χ1n) is 12.2. The van der Waals surface area contributed by atoms with Gasteiger partial charge in [0.2, 0.25) is 0 Å². The number of carbonyl (C=O) groups is 2. The highest BCUT2D eigenvalue weighted by Crippen LogP contribution is 2.52. The molecule has 4 nitrogen and oxygen atoms in total. The molecule has 0 aromatic rings. The van der Waals surface area contributed by atoms with Crippen LogP contribution in [-0.4, -0.2) is 24.0 Å². The molecular weight excluding hydrogens is 386 g/mol. The zero-order chi connectivity index (χ0) is 22.9. The number of ketones is 1. The van der Waals surface area contributed by atoms with Crippen LogP contribution in [-0.2, 0) is 14.3 Å². The number of amides is 1. The second kappa shape index (κ2) is 9.44. The lowest BCUT2D eigenvalue weighted by atomic mass is 9.55. The van der Waals surface area contributed by atoms with E-state index in [1.54, 1.807) is 6.08 Å². The van der Waals surface area contributed by atoms with Crippen molar-refractivity contribution in [2.24, 2.45) is 35.5 Å². The average Bonchev–Trinajstić information content (AvgIpc) is 3.00. The van der Waals surface area contributed by atoms with E-state index in [9.17, 15) is 9.59 Å². The van der Waals surface area contributed by atoms with E-state index >= 15 is 0 Å². The quantitative estimate of drug-likeness (QED) is 0.327. The predicted molar refractivity (Wildman–Crippen MR) is 125 cm³/mol. The minimum atomic E-state index is -0.895. The standard InChI is InChI=1S/C27H41NO3/c1-8-10-11-31-27(7)15-21(26(30)28-27)25(29)24-22(17(4)9-2)19(6)14-20-13-16(3)12-18(5)23(20)24/h9,14-16,18,20,22-24H,8,10-13H2,1-7H3,(H,28,30)/b17-9+/t16-,18+,20+,22-,23+,24-,27-/m1/s1. The van der Waals surface area contributed by atoms with Gasteiger partial charge in [-0.2, -0.15) is 0 Å². The molecule has 4 heteroatoms. The van der Waals surface area contributed by atoms with Crippen LogP contribution in [0.5, 0.6) is 0 Å². The van der Waals surface area contributed by atoms with Crippen LogP contribution in [0, 0.1) is 35.5 Å². The molecule has 3 rings (SSSR count). The summed E-state index contributed by atoms with van der Waals surface area (Å²) in [5, 5.41) is 2.91. The molecule has 1 N–H and O–H groups in total. The van der Waals surface area contributed by atoms with E-state index in [2.05, 4.69) is 52.1 Å². The summed E-state index contributed by atoms with van der Waals surface area (Å²) in [6.07, 6.45) is 10.5. The Labute approximate surface area is 188 Å². The summed E-state index contributed by atoms with van der Waals surface area (Å²) in [7, 11) is 0. The molecule has 0 aromatic carbocycles. The topological polar surface area (TPSA) is 55.4 Å². The summed E-state index contributed by atoms with van der Waals surface area (Å²) < 4.78 is 5.94. The van der Waals surface area contributed by atoms with Gasteiger partial charge in [0, 0.05) is 18.4 Å². The average molecular weight is 428 g/mol. The summed E-state index contributed by atoms with van der Waals surface area (Å²) in [6, 6.07) is 0. The first-order chi connectivity index (χ1) is 14.6. The van der Waals surface area contributed by atoms with Gasteiger partial charge in [-0.05, 0) is 76.7 Å². The van der Waals surface area contributed by atoms with Crippen LogP contribution < -0.4 is 5.32 Å². The Morgan fingerprint density at radius 1 is 1.32 bits per heavy atom. The van der Waals surface area contributed by atoms with E-state index in [-0.39, 0.29) is 35.0 Å². The highest BCUT2D eigenvalue weighted by atomic mass is 16.5. The number of unbranched alkanes of at least 4 members (excludes halogenated alkanes) is 1. The van der Waals surface area contributed by atoms with E-state index in [1.165, 1.54) is 11.1 Å². The van der Waals surface area contributed by atoms with Gasteiger partial charge in [0.05, 0.1) is 5.57 Å². The minimum absolute atomic E-state index is 0.00429. The maximum absolute atomic E-state index is 14.0. The second-order valence-electron chi connectivity index (χ2n) is 10.4. The van der Waals surface area contributed by atoms with Gasteiger partial charge in [0.25, 0.3) is 5.91 Å². The lowest BCUT2D eigenvalue weighted by molar-refractivity contribution is -0.129. The van der Waals surface area contributed by atoms with Crippen molar-refractivity contribution in [3.05, 3.63) is 34.9 Å². The number of allylic oxidation sites excluding steroid dienone is 4. The molecule has 0 saturated heterocycles. The third-order valence-electron chi connectivity index (χ3n) is 7.78. The molecule has 0 spiro atoms. The number of fused-ring (bicyclic) bond motifs is 1. The smallest absolute Gasteiger partial charge is 0.257 e. The van der Waals surface area contributed by atoms with E-state index in [0.717, 1.165) is 25.7 Å². The Kier molecular flexibility index (Phi) is 7.30. The molecule has 0 aromatic heterocycles. The SMILES string of the molecule is C/C=C(\C)[C@@H]1C(C)=C[C@@H]2C[C@H](C)C[C@H](C)[C@@H]2[C@@H]1C(=O)C1=C[C@@](C)(OCCCC)NC1=O. The van der Waals surface area contributed by atoms with Crippen LogP contribution in [0.15, 0.2) is 34.9 Å². The molecule has 1 amide bonds. The van der Waals surface area contributed by atoms with Crippen molar-refractivity contribution in [1.82, 2.24) is 5.32 Å². The van der Waals surface area contributed by atoms with E-state index in [4.69, 9.17) is 4.74 Å². The van der Waals surface area contributed by atoms with Crippen molar-refractivity contribution in [2.45, 2.75) is 79.9 Å². The molecule has 0 bridgehead atoms. The molecule has 0 unspecified atom stereocenters. The Morgan fingerprint density at radius 3 is 2.68 bits per heavy atom. The summed E-state index contributed by atoms with van der Waals surface area (Å²) in [5.41, 5.74) is 1.89. The predicted octanol–water partition coefficient (Wildman–Crippen LogP) is 5.60. The van der Waals surface area contributed by atoms with Crippen molar-refractivity contribution in [2.75, 3.05) is 6.61 Å². The lowest BCUT2D eigenvalue weighted by Crippen LogP contribution is -2.46. The van der Waals surface area contributed by atoms with Crippen LogP contribution >= 0.6 is 0 Å². The van der Waals surface area contributed by atoms with Gasteiger partial charge in [-0.15, -0.1) is 0 Å². The van der Waals surface area contributed by atoms with E-state index < -0.39 is 5.72 Å². The van der Waals surface area contributed by atoms with Gasteiger partial charge in [-0.3, -0.25) is 9.59 Å². The third-order valence-corrected chi connectivity index (χ3v) is 7.78. The molecule has 172 valence electrons. The number of rotatable bonds is 7. The van der Waals surface area contributed by atoms with Crippen molar-refractivity contribution < 1.29 is 14.3 Å². The second-order valence-corrected chi connectivity index (χ2v) is 10.4. The monoisotopic (exact) mass is 427 g/mol. The van der Waals surface area contributed by atoms with Gasteiger partial charge in [0.1, 0.15) is 0 Å². The number of Topliss-reactive ketones (excluding diaryl/α,β-unsaturated/α-hetero) is 1. The lowest BCUT2D eigenvalue weighted by Gasteiger charge is -2.48. The molecule has 1 heterocycles. The Hall–Kier alpha value is -1.68. The molecule has 7 atom stereocenters. The molecular formula is C27H41NO3. The molecule has 1 saturated carbocycles. The third kappa shape index (κ3) is 4.74. The number of hydrogen-bond donors (Lipinski definition) is 1. The van der Waals surface area contributed by atoms with Gasteiger partial charge in [-0.25, -0.2) is 0 Å². The van der Waals surface area contributed by atoms with Crippen LogP contribution in [0.1, 0.15) is 74.1 Å². The molecule has 31 heavy (non-hydrogen) atoms. The highest BCUT2D eigenvalue weighted by Gasteiger charge is 2.50. The van der Waals surface area contributed by atoms with Crippen LogP contribution in [0.4, 0.5) is 0 Å². The fourth-order valence-electron chi connectivity index (χ4n) is 6.36. The van der Waals surface area contributed by atoms with E-state index in [1.807, 2.05) is 13.8 Å². The largest absolute Gasteiger partial charge is 0.352 e. The van der Waals surface area contributed by atoms with Crippen LogP contribution in [0.2, 0.25) is 0 Å². The maximum atomic E-state index is 14.0. The first kappa shape index (κ1) is 24.0. The fourth-order valence-corrected chi connectivity index (χ4v) is 6.36. The van der Waals surface area contributed by atoms with Gasteiger partial charge in [-0.1, -0.05) is 50.5 Å². The minimum Gasteiger partial charge on any atom is -0.352 e. The highest BCUT2D eigenvalue weighted by molar-refractivity contribution is 6.22. The van der Waals surface area contributed by atoms with Gasteiger partial charge >= 0.3 is 0 Å². The maximum Gasteiger partial charge on any atom is 0.257 e. The van der Waals surface area contributed by atoms with Crippen molar-refractivity contribution >= 4 is 11.7 Å². The Morgan fingerprint density at radius 2 is 2.03 bits per heavy atom. The van der Waals surface area contributed by atoms with Crippen molar-refractivity contribution in [1.29, 1.82) is 0 Å². The number of hydrogen-bond acceptors (Lipinski definition) is 3. The normalized spacial score (nSPS) is 38.3. The summed E-state index contributed by atoms with van der Waals surface area (Å²) in [4.78, 5) is 27.0. The fraction of sp³-hybridized carbons (Fsp3) is 0.704. The van der Waals surface area contributed by atoms with Crippen molar-refractivity contribution in [3.63, 3.8) is 0 Å². The zero-order valence-electron chi connectivity index (χ0n) is 20.5. The van der Waals surface area contributed by atoms with Gasteiger partial charge in [0.15, 0.2) is 11.5 Å². The molecule has 1 fully saturated rings.